The first kappa shape index (κ1) is 10.9. The van der Waals surface area contributed by atoms with Crippen LogP contribution in [0.1, 0.15) is 12.8 Å². The summed E-state index contributed by atoms with van der Waals surface area (Å²) in [6.45, 7) is 3.02. The van der Waals surface area contributed by atoms with Gasteiger partial charge in [-0.1, -0.05) is 0 Å². The number of hydrogen-bond acceptors (Lipinski definition) is 3. The molecule has 0 radical (unpaired) electrons. The lowest BCUT2D eigenvalue weighted by Crippen LogP contribution is -2.54. The number of hydrogen-bond donors (Lipinski definition) is 1. The standard InChI is InChI=1S/C11H20N2O2/c1-12(2)10(15)9-5-13(6-9)7-11(8-14)3-4-11/h9,14H,3-8H2,1-2H3. The normalized spacial score (nSPS) is 24.7. The molecule has 0 unspecified atom stereocenters. The molecule has 1 saturated heterocycles. The molecule has 0 aromatic heterocycles. The first-order valence-corrected chi connectivity index (χ1v) is 5.61. The summed E-state index contributed by atoms with van der Waals surface area (Å²) in [6.07, 6.45) is 2.29. The molecule has 86 valence electrons. The van der Waals surface area contributed by atoms with E-state index in [1.54, 1.807) is 19.0 Å². The van der Waals surface area contributed by atoms with Gasteiger partial charge >= 0.3 is 0 Å². The Morgan fingerprint density at radius 1 is 1.47 bits per heavy atom. The Balaban J connectivity index is 1.72. The van der Waals surface area contributed by atoms with Gasteiger partial charge in [0.1, 0.15) is 0 Å². The molecule has 0 aromatic rings. The largest absolute Gasteiger partial charge is 0.396 e. The van der Waals surface area contributed by atoms with Crippen molar-refractivity contribution in [3.8, 4) is 0 Å². The molecule has 2 fully saturated rings. The summed E-state index contributed by atoms with van der Waals surface area (Å²) < 4.78 is 0. The second-order valence-electron chi connectivity index (χ2n) is 5.28. The van der Waals surface area contributed by atoms with Crippen molar-refractivity contribution in [2.45, 2.75) is 12.8 Å². The number of carbonyl (C=O) groups excluding carboxylic acids is 1. The molecule has 4 nitrogen and oxygen atoms in total. The van der Waals surface area contributed by atoms with Crippen molar-refractivity contribution in [1.29, 1.82) is 0 Å². The highest BCUT2D eigenvalue weighted by Gasteiger charge is 2.46. The van der Waals surface area contributed by atoms with Crippen molar-refractivity contribution in [3.05, 3.63) is 0 Å². The summed E-state index contributed by atoms with van der Waals surface area (Å²) >= 11 is 0. The Kier molecular flexibility index (Phi) is 2.73. The van der Waals surface area contributed by atoms with E-state index in [2.05, 4.69) is 4.90 Å². The maximum Gasteiger partial charge on any atom is 0.227 e. The minimum absolute atomic E-state index is 0.187. The van der Waals surface area contributed by atoms with Crippen LogP contribution >= 0.6 is 0 Å². The van der Waals surface area contributed by atoms with Gasteiger partial charge in [-0.3, -0.25) is 4.79 Å². The van der Waals surface area contributed by atoms with E-state index in [1.165, 1.54) is 0 Å². The smallest absolute Gasteiger partial charge is 0.227 e. The van der Waals surface area contributed by atoms with E-state index in [4.69, 9.17) is 0 Å². The van der Waals surface area contributed by atoms with E-state index in [9.17, 15) is 9.90 Å². The first-order chi connectivity index (χ1) is 7.06. The fourth-order valence-electron chi connectivity index (χ4n) is 2.24. The van der Waals surface area contributed by atoms with E-state index in [0.717, 1.165) is 32.5 Å². The molecule has 2 rings (SSSR count). The number of carbonyl (C=O) groups is 1. The Labute approximate surface area is 90.9 Å². The van der Waals surface area contributed by atoms with Gasteiger partial charge in [0.15, 0.2) is 0 Å². The van der Waals surface area contributed by atoms with Gasteiger partial charge in [0, 0.05) is 45.8 Å². The fraction of sp³-hybridized carbons (Fsp3) is 0.909. The lowest BCUT2D eigenvalue weighted by molar-refractivity contribution is -0.138. The van der Waals surface area contributed by atoms with E-state index < -0.39 is 0 Å². The first-order valence-electron chi connectivity index (χ1n) is 5.61. The van der Waals surface area contributed by atoms with E-state index >= 15 is 0 Å². The number of aliphatic hydroxyl groups is 1. The Bertz CT molecular complexity index is 255. The van der Waals surface area contributed by atoms with Gasteiger partial charge in [-0.05, 0) is 12.8 Å². The van der Waals surface area contributed by atoms with Gasteiger partial charge in [-0.15, -0.1) is 0 Å². The van der Waals surface area contributed by atoms with Crippen molar-refractivity contribution in [1.82, 2.24) is 9.80 Å². The summed E-state index contributed by atoms with van der Waals surface area (Å²) in [7, 11) is 3.61. The molecule has 4 heteroatoms. The summed E-state index contributed by atoms with van der Waals surface area (Å²) in [5.41, 5.74) is 0.187. The van der Waals surface area contributed by atoms with Gasteiger partial charge in [-0.2, -0.15) is 0 Å². The maximum atomic E-state index is 11.6. The van der Waals surface area contributed by atoms with Crippen LogP contribution in [-0.4, -0.2) is 61.2 Å². The van der Waals surface area contributed by atoms with Gasteiger partial charge in [0.25, 0.3) is 0 Å². The molecular weight excluding hydrogens is 192 g/mol. The van der Waals surface area contributed by atoms with Crippen LogP contribution in [0.5, 0.6) is 0 Å². The highest BCUT2D eigenvalue weighted by molar-refractivity contribution is 5.79. The van der Waals surface area contributed by atoms with Crippen molar-refractivity contribution in [3.63, 3.8) is 0 Å². The predicted octanol–water partition coefficient (Wildman–Crippen LogP) is -0.221. The van der Waals surface area contributed by atoms with Crippen molar-refractivity contribution in [2.75, 3.05) is 40.3 Å². The molecule has 1 aliphatic heterocycles. The van der Waals surface area contributed by atoms with Gasteiger partial charge in [0.05, 0.1) is 5.92 Å². The molecule has 2 aliphatic rings. The third-order valence-corrected chi connectivity index (χ3v) is 3.60. The Morgan fingerprint density at radius 2 is 2.07 bits per heavy atom. The van der Waals surface area contributed by atoms with Crippen molar-refractivity contribution < 1.29 is 9.90 Å². The summed E-state index contributed by atoms with van der Waals surface area (Å²) in [5, 5.41) is 9.19. The van der Waals surface area contributed by atoms with Crippen LogP contribution < -0.4 is 0 Å². The highest BCUT2D eigenvalue weighted by Crippen LogP contribution is 2.46. The van der Waals surface area contributed by atoms with E-state index in [0.29, 0.717) is 6.61 Å². The fourth-order valence-corrected chi connectivity index (χ4v) is 2.24. The van der Waals surface area contributed by atoms with Crippen LogP contribution in [0.3, 0.4) is 0 Å². The molecular formula is C11H20N2O2. The minimum atomic E-state index is 0.187. The Morgan fingerprint density at radius 3 is 2.47 bits per heavy atom. The molecule has 1 aliphatic carbocycles. The third kappa shape index (κ3) is 2.16. The molecule has 1 saturated carbocycles. The van der Waals surface area contributed by atoms with Crippen LogP contribution in [0.15, 0.2) is 0 Å². The number of aliphatic hydroxyl groups excluding tert-OH is 1. The maximum absolute atomic E-state index is 11.6. The van der Waals surface area contributed by atoms with Crippen LogP contribution in [0.4, 0.5) is 0 Å². The van der Waals surface area contributed by atoms with Gasteiger partial charge in [0.2, 0.25) is 5.91 Å². The summed E-state index contributed by atoms with van der Waals surface area (Å²) in [5.74, 6) is 0.426. The quantitative estimate of drug-likeness (QED) is 0.700. The lowest BCUT2D eigenvalue weighted by atomic mass is 9.96. The SMILES string of the molecule is CN(C)C(=O)C1CN(CC2(CO)CC2)C1. The molecule has 1 amide bonds. The van der Waals surface area contributed by atoms with Crippen LogP contribution in [0, 0.1) is 11.3 Å². The monoisotopic (exact) mass is 212 g/mol. The van der Waals surface area contributed by atoms with Crippen LogP contribution in [-0.2, 0) is 4.79 Å². The van der Waals surface area contributed by atoms with Crippen molar-refractivity contribution >= 4 is 5.91 Å². The lowest BCUT2D eigenvalue weighted by Gasteiger charge is -2.41. The summed E-state index contributed by atoms with van der Waals surface area (Å²) in [6, 6.07) is 0. The molecule has 1 heterocycles. The number of likely N-dealkylation sites (tertiary alicyclic amines) is 1. The van der Waals surface area contributed by atoms with Gasteiger partial charge in [-0.25, -0.2) is 0 Å². The van der Waals surface area contributed by atoms with Crippen molar-refractivity contribution in [2.24, 2.45) is 11.3 Å². The second kappa shape index (κ2) is 3.76. The topological polar surface area (TPSA) is 43.8 Å². The average Bonchev–Trinajstić information content (AvgIpc) is 2.90. The van der Waals surface area contributed by atoms with Crippen LogP contribution in [0.2, 0.25) is 0 Å². The molecule has 0 aromatic carbocycles. The molecule has 0 spiro atoms. The average molecular weight is 212 g/mol. The molecule has 1 N–H and O–H groups in total. The number of nitrogens with zero attached hydrogens (tertiary/aromatic N) is 2. The third-order valence-electron chi connectivity index (χ3n) is 3.60. The molecule has 0 bridgehead atoms. The zero-order valence-electron chi connectivity index (χ0n) is 9.57. The van der Waals surface area contributed by atoms with E-state index in [1.807, 2.05) is 0 Å². The molecule has 15 heavy (non-hydrogen) atoms. The zero-order valence-corrected chi connectivity index (χ0v) is 9.57. The second-order valence-corrected chi connectivity index (χ2v) is 5.28. The Hall–Kier alpha value is -0.610. The van der Waals surface area contributed by atoms with Crippen LogP contribution in [0.25, 0.3) is 0 Å². The predicted molar refractivity (Wildman–Crippen MR) is 57.4 cm³/mol. The summed E-state index contributed by atoms with van der Waals surface area (Å²) in [4.78, 5) is 15.5. The number of amides is 1. The van der Waals surface area contributed by atoms with Gasteiger partial charge < -0.3 is 14.9 Å². The minimum Gasteiger partial charge on any atom is -0.396 e. The highest BCUT2D eigenvalue weighted by atomic mass is 16.3. The molecule has 0 atom stereocenters. The van der Waals surface area contributed by atoms with E-state index in [-0.39, 0.29) is 17.2 Å². The zero-order chi connectivity index (χ0) is 11.1. The number of rotatable bonds is 4.